The fraction of sp³-hybridized carbons (Fsp3) is 0.412. The van der Waals surface area contributed by atoms with E-state index in [1.165, 1.54) is 29.4 Å². The summed E-state index contributed by atoms with van der Waals surface area (Å²) in [6, 6.07) is 10.9. The third-order valence-electron chi connectivity index (χ3n) is 4.56. The van der Waals surface area contributed by atoms with Crippen molar-refractivity contribution in [2.24, 2.45) is 0 Å². The van der Waals surface area contributed by atoms with E-state index in [0.717, 1.165) is 29.0 Å². The van der Waals surface area contributed by atoms with Crippen LogP contribution in [0.2, 0.25) is 0 Å². The molecule has 0 saturated carbocycles. The molecule has 4 nitrogen and oxygen atoms in total. The highest BCUT2D eigenvalue weighted by atomic mass is 32.2. The molecule has 1 N–H and O–H groups in total. The fourth-order valence-corrected chi connectivity index (χ4v) is 4.65. The van der Waals surface area contributed by atoms with Crippen LogP contribution in [-0.2, 0) is 6.54 Å². The monoisotopic (exact) mass is 344 g/mol. The Labute approximate surface area is 144 Å². The first-order chi connectivity index (χ1) is 11.3. The average Bonchev–Trinajstić information content (AvgIpc) is 3.21. The van der Waals surface area contributed by atoms with Gasteiger partial charge in [-0.15, -0.1) is 10.2 Å². The Balaban J connectivity index is 1.38. The second-order valence-corrected chi connectivity index (χ2v) is 8.14. The average molecular weight is 345 g/mol. The van der Waals surface area contributed by atoms with Gasteiger partial charge in [0.1, 0.15) is 5.01 Å². The molecular weight excluding hydrogens is 324 g/mol. The number of para-hydroxylation sites is 1. The van der Waals surface area contributed by atoms with Gasteiger partial charge in [0.05, 0.1) is 6.54 Å². The summed E-state index contributed by atoms with van der Waals surface area (Å²) in [4.78, 5) is 6.10. The topological polar surface area (TPSA) is 44.8 Å². The zero-order valence-electron chi connectivity index (χ0n) is 13.2. The van der Waals surface area contributed by atoms with Crippen LogP contribution in [-0.4, -0.2) is 39.4 Å². The molecule has 1 aromatic carbocycles. The Morgan fingerprint density at radius 3 is 2.83 bits per heavy atom. The lowest BCUT2D eigenvalue weighted by Gasteiger charge is -2.30. The van der Waals surface area contributed by atoms with Crippen molar-refractivity contribution < 1.29 is 0 Å². The first-order valence-corrected chi connectivity index (χ1v) is 10.0. The Morgan fingerprint density at radius 1 is 1.26 bits per heavy atom. The third-order valence-corrected chi connectivity index (χ3v) is 6.44. The van der Waals surface area contributed by atoms with Crippen LogP contribution < -0.4 is 0 Å². The molecule has 0 aliphatic carbocycles. The molecule has 0 amide bonds. The number of piperidine rings is 1. The van der Waals surface area contributed by atoms with Crippen LogP contribution in [0.5, 0.6) is 0 Å². The van der Waals surface area contributed by atoms with E-state index in [1.54, 1.807) is 23.1 Å². The summed E-state index contributed by atoms with van der Waals surface area (Å²) in [5.74, 6) is 0.648. The van der Waals surface area contributed by atoms with Gasteiger partial charge in [0.15, 0.2) is 4.34 Å². The highest BCUT2D eigenvalue weighted by Gasteiger charge is 2.22. The number of likely N-dealkylation sites (tertiary alicyclic amines) is 1. The van der Waals surface area contributed by atoms with Crippen LogP contribution in [0.1, 0.15) is 29.5 Å². The molecule has 1 aliphatic rings. The standard InChI is InChI=1S/C17H20N4S2/c1-22-17-20-19-16(23-17)11-21-8-6-12(7-9-21)15-10-13-4-2-3-5-14(13)18-15/h2-5,10,12,18H,6-9,11H2,1H3. The predicted octanol–water partition coefficient (Wildman–Crippen LogP) is 4.12. The van der Waals surface area contributed by atoms with Crippen LogP contribution in [0, 0.1) is 0 Å². The van der Waals surface area contributed by atoms with Gasteiger partial charge in [-0.3, -0.25) is 4.90 Å². The summed E-state index contributed by atoms with van der Waals surface area (Å²) >= 11 is 3.39. The fourth-order valence-electron chi connectivity index (χ4n) is 3.29. The highest BCUT2D eigenvalue weighted by molar-refractivity contribution is 8.00. The summed E-state index contributed by atoms with van der Waals surface area (Å²) < 4.78 is 1.06. The van der Waals surface area contributed by atoms with Crippen LogP contribution in [0.3, 0.4) is 0 Å². The molecule has 0 unspecified atom stereocenters. The zero-order valence-corrected chi connectivity index (χ0v) is 14.8. The van der Waals surface area contributed by atoms with Crippen molar-refractivity contribution in [3.05, 3.63) is 41.0 Å². The Bertz CT molecular complexity index is 754. The van der Waals surface area contributed by atoms with Gasteiger partial charge in [-0.05, 0) is 49.7 Å². The van der Waals surface area contributed by atoms with Crippen molar-refractivity contribution in [3.63, 3.8) is 0 Å². The minimum atomic E-state index is 0.648. The first kappa shape index (κ1) is 15.2. The molecule has 0 atom stereocenters. The minimum absolute atomic E-state index is 0.648. The van der Waals surface area contributed by atoms with E-state index in [9.17, 15) is 0 Å². The molecule has 0 spiro atoms. The maximum absolute atomic E-state index is 4.29. The van der Waals surface area contributed by atoms with Crippen molar-refractivity contribution in [3.8, 4) is 0 Å². The van der Waals surface area contributed by atoms with Gasteiger partial charge in [0.25, 0.3) is 0 Å². The summed E-state index contributed by atoms with van der Waals surface area (Å²) in [6.45, 7) is 3.21. The number of fused-ring (bicyclic) bond motifs is 1. The second kappa shape index (κ2) is 6.63. The van der Waals surface area contributed by atoms with Gasteiger partial charge >= 0.3 is 0 Å². The van der Waals surface area contributed by atoms with Crippen molar-refractivity contribution in [2.45, 2.75) is 29.6 Å². The lowest BCUT2D eigenvalue weighted by molar-refractivity contribution is 0.203. The molecule has 4 rings (SSSR count). The molecule has 1 aliphatic heterocycles. The quantitative estimate of drug-likeness (QED) is 0.723. The van der Waals surface area contributed by atoms with Crippen LogP contribution >= 0.6 is 23.1 Å². The zero-order chi connectivity index (χ0) is 15.6. The Kier molecular flexibility index (Phi) is 4.37. The lowest BCUT2D eigenvalue weighted by atomic mass is 9.93. The number of hydrogen-bond donors (Lipinski definition) is 1. The number of nitrogens with zero attached hydrogens (tertiary/aromatic N) is 3. The SMILES string of the molecule is CSc1nnc(CN2CCC(c3cc4ccccc4[nH]3)CC2)s1. The summed E-state index contributed by atoms with van der Waals surface area (Å²) in [5, 5.41) is 10.9. The molecule has 1 fully saturated rings. The molecule has 120 valence electrons. The van der Waals surface area contributed by atoms with Crippen molar-refractivity contribution >= 4 is 34.0 Å². The maximum Gasteiger partial charge on any atom is 0.174 e. The number of thioether (sulfide) groups is 1. The van der Waals surface area contributed by atoms with E-state index < -0.39 is 0 Å². The number of nitrogens with one attached hydrogen (secondary N) is 1. The smallest absolute Gasteiger partial charge is 0.174 e. The second-order valence-electron chi connectivity index (χ2n) is 6.03. The highest BCUT2D eigenvalue weighted by Crippen LogP contribution is 2.31. The summed E-state index contributed by atoms with van der Waals surface area (Å²) in [5.41, 5.74) is 2.65. The van der Waals surface area contributed by atoms with Gasteiger partial charge in [-0.1, -0.05) is 41.3 Å². The third kappa shape index (κ3) is 3.29. The van der Waals surface area contributed by atoms with Crippen LogP contribution in [0.15, 0.2) is 34.7 Å². The maximum atomic E-state index is 4.29. The van der Waals surface area contributed by atoms with E-state index in [4.69, 9.17) is 0 Å². The summed E-state index contributed by atoms with van der Waals surface area (Å²) in [7, 11) is 0. The van der Waals surface area contributed by atoms with E-state index in [-0.39, 0.29) is 0 Å². The van der Waals surface area contributed by atoms with Gasteiger partial charge in [-0.2, -0.15) is 0 Å². The normalized spacial score (nSPS) is 17.1. The van der Waals surface area contributed by atoms with E-state index in [2.05, 4.69) is 56.7 Å². The number of H-pyrrole nitrogens is 1. The molecular formula is C17H20N4S2. The molecule has 23 heavy (non-hydrogen) atoms. The molecule has 0 bridgehead atoms. The van der Waals surface area contributed by atoms with Crippen molar-refractivity contribution in [2.75, 3.05) is 19.3 Å². The number of aromatic amines is 1. The molecule has 1 saturated heterocycles. The van der Waals surface area contributed by atoms with Crippen LogP contribution in [0.4, 0.5) is 0 Å². The minimum Gasteiger partial charge on any atom is -0.358 e. The Hall–Kier alpha value is -1.37. The van der Waals surface area contributed by atoms with Crippen LogP contribution in [0.25, 0.3) is 10.9 Å². The predicted molar refractivity (Wildman–Crippen MR) is 97.2 cm³/mol. The van der Waals surface area contributed by atoms with Gasteiger partial charge in [0.2, 0.25) is 0 Å². The van der Waals surface area contributed by atoms with Crippen molar-refractivity contribution in [1.29, 1.82) is 0 Å². The molecule has 0 radical (unpaired) electrons. The van der Waals surface area contributed by atoms with Crippen molar-refractivity contribution in [1.82, 2.24) is 20.1 Å². The van der Waals surface area contributed by atoms with Gasteiger partial charge in [0, 0.05) is 17.1 Å². The van der Waals surface area contributed by atoms with Gasteiger partial charge in [-0.25, -0.2) is 0 Å². The number of rotatable bonds is 4. The molecule has 2 aromatic heterocycles. The number of benzene rings is 1. The number of aromatic nitrogens is 3. The van der Waals surface area contributed by atoms with E-state index in [1.807, 2.05) is 0 Å². The Morgan fingerprint density at radius 2 is 2.09 bits per heavy atom. The molecule has 3 aromatic rings. The number of hydrogen-bond acceptors (Lipinski definition) is 5. The first-order valence-electron chi connectivity index (χ1n) is 7.98. The lowest BCUT2D eigenvalue weighted by Crippen LogP contribution is -2.32. The van der Waals surface area contributed by atoms with Gasteiger partial charge < -0.3 is 4.98 Å². The van der Waals surface area contributed by atoms with E-state index in [0.29, 0.717) is 5.92 Å². The summed E-state index contributed by atoms with van der Waals surface area (Å²) in [6.07, 6.45) is 4.47. The molecule has 3 heterocycles. The largest absolute Gasteiger partial charge is 0.358 e. The molecule has 6 heteroatoms. The van der Waals surface area contributed by atoms with E-state index >= 15 is 0 Å².